The molecule has 0 radical (unpaired) electrons. The Labute approximate surface area is 121 Å². The molecule has 104 valence electrons. The van der Waals surface area contributed by atoms with Gasteiger partial charge in [0.05, 0.1) is 0 Å². The molecular formula is C12H18N4OS2. The van der Waals surface area contributed by atoms with Gasteiger partial charge in [0.25, 0.3) is 0 Å². The highest BCUT2D eigenvalue weighted by Gasteiger charge is 2.35. The molecule has 3 rings (SSSR count). The zero-order valence-corrected chi connectivity index (χ0v) is 12.7. The van der Waals surface area contributed by atoms with E-state index in [1.807, 2.05) is 23.6 Å². The van der Waals surface area contributed by atoms with E-state index in [1.54, 1.807) is 0 Å². The van der Waals surface area contributed by atoms with Crippen LogP contribution in [-0.2, 0) is 4.79 Å². The summed E-state index contributed by atoms with van der Waals surface area (Å²) in [4.78, 5) is 21.2. The Bertz CT molecular complexity index is 458. The molecular weight excluding hydrogens is 280 g/mol. The number of carbonyl (C=O) groups excluding carboxylic acids is 1. The van der Waals surface area contributed by atoms with E-state index in [1.165, 1.54) is 11.5 Å². The molecule has 0 saturated carbocycles. The minimum atomic E-state index is -0.0181. The van der Waals surface area contributed by atoms with Crippen LogP contribution in [0.2, 0.25) is 0 Å². The summed E-state index contributed by atoms with van der Waals surface area (Å²) < 4.78 is 4.23. The van der Waals surface area contributed by atoms with Gasteiger partial charge < -0.3 is 9.80 Å². The van der Waals surface area contributed by atoms with Crippen LogP contribution in [0.4, 0.5) is 5.13 Å². The molecule has 0 spiro atoms. The fourth-order valence-electron chi connectivity index (χ4n) is 2.65. The molecule has 2 saturated heterocycles. The summed E-state index contributed by atoms with van der Waals surface area (Å²) in [7, 11) is 0. The van der Waals surface area contributed by atoms with Gasteiger partial charge in [0, 0.05) is 42.7 Å². The van der Waals surface area contributed by atoms with E-state index in [0.717, 1.165) is 54.9 Å². The number of hydrogen-bond acceptors (Lipinski definition) is 6. The Hall–Kier alpha value is -0.820. The van der Waals surface area contributed by atoms with Gasteiger partial charge in [-0.15, -0.1) is 0 Å². The minimum absolute atomic E-state index is 0.0181. The van der Waals surface area contributed by atoms with Crippen molar-refractivity contribution in [1.29, 1.82) is 0 Å². The molecule has 2 aliphatic heterocycles. The number of carbonyl (C=O) groups is 1. The van der Waals surface area contributed by atoms with Crippen molar-refractivity contribution in [3.63, 3.8) is 0 Å². The summed E-state index contributed by atoms with van der Waals surface area (Å²) in [6, 6.07) is -0.0181. The molecule has 1 atom stereocenters. The Morgan fingerprint density at radius 3 is 2.79 bits per heavy atom. The Morgan fingerprint density at radius 2 is 2.11 bits per heavy atom. The number of anilines is 1. The molecule has 3 heterocycles. The van der Waals surface area contributed by atoms with Crippen LogP contribution in [0.15, 0.2) is 0 Å². The fourth-order valence-corrected chi connectivity index (χ4v) is 4.30. The summed E-state index contributed by atoms with van der Waals surface area (Å²) in [5, 5.41) is 0.903. The summed E-state index contributed by atoms with van der Waals surface area (Å²) in [6.45, 7) is 4.61. The van der Waals surface area contributed by atoms with E-state index in [-0.39, 0.29) is 11.9 Å². The first-order chi connectivity index (χ1) is 9.25. The van der Waals surface area contributed by atoms with Crippen LogP contribution < -0.4 is 4.90 Å². The van der Waals surface area contributed by atoms with Crippen LogP contribution in [0.25, 0.3) is 0 Å². The second kappa shape index (κ2) is 5.66. The van der Waals surface area contributed by atoms with Gasteiger partial charge >= 0.3 is 0 Å². The maximum Gasteiger partial charge on any atom is 0.245 e. The standard InChI is InChI=1S/C12H18N4OS2/c1-9-13-12(19-14-9)16-4-2-3-10(16)11(17)15-5-7-18-8-6-15/h10H,2-8H2,1H3/t10-/m0/s1. The average molecular weight is 298 g/mol. The maximum absolute atomic E-state index is 12.6. The second-order valence-electron chi connectivity index (χ2n) is 4.91. The van der Waals surface area contributed by atoms with Crippen LogP contribution in [0.1, 0.15) is 18.7 Å². The molecule has 2 aliphatic rings. The summed E-state index contributed by atoms with van der Waals surface area (Å²) >= 11 is 3.34. The van der Waals surface area contributed by atoms with Gasteiger partial charge in [-0.2, -0.15) is 16.1 Å². The lowest BCUT2D eigenvalue weighted by atomic mass is 10.2. The quantitative estimate of drug-likeness (QED) is 0.826. The van der Waals surface area contributed by atoms with Crippen molar-refractivity contribution in [3.8, 4) is 0 Å². The van der Waals surface area contributed by atoms with Gasteiger partial charge in [0.1, 0.15) is 11.9 Å². The summed E-state index contributed by atoms with van der Waals surface area (Å²) in [6.07, 6.45) is 2.01. The largest absolute Gasteiger partial charge is 0.339 e. The second-order valence-corrected chi connectivity index (χ2v) is 6.87. The molecule has 0 bridgehead atoms. The van der Waals surface area contributed by atoms with Gasteiger partial charge in [0.2, 0.25) is 11.0 Å². The van der Waals surface area contributed by atoms with E-state index in [2.05, 4.69) is 14.3 Å². The SMILES string of the molecule is Cc1nsc(N2CCC[C@H]2C(=O)N2CCSCC2)n1. The number of aromatic nitrogens is 2. The Kier molecular flexibility index (Phi) is 3.93. The average Bonchev–Trinajstić information content (AvgIpc) is 3.07. The lowest BCUT2D eigenvalue weighted by molar-refractivity contribution is -0.132. The van der Waals surface area contributed by atoms with Gasteiger partial charge in [-0.3, -0.25) is 4.79 Å². The van der Waals surface area contributed by atoms with Crippen LogP contribution in [0.5, 0.6) is 0 Å². The topological polar surface area (TPSA) is 49.3 Å². The molecule has 1 aromatic rings. The highest BCUT2D eigenvalue weighted by atomic mass is 32.2. The van der Waals surface area contributed by atoms with Crippen molar-refractivity contribution < 1.29 is 4.79 Å². The number of thioether (sulfide) groups is 1. The number of hydrogen-bond donors (Lipinski definition) is 0. The highest BCUT2D eigenvalue weighted by Crippen LogP contribution is 2.28. The fraction of sp³-hybridized carbons (Fsp3) is 0.750. The van der Waals surface area contributed by atoms with Crippen LogP contribution in [-0.4, -0.2) is 57.3 Å². The molecule has 19 heavy (non-hydrogen) atoms. The van der Waals surface area contributed by atoms with E-state index in [0.29, 0.717) is 0 Å². The predicted octanol–water partition coefficient (Wildman–Crippen LogP) is 1.39. The van der Waals surface area contributed by atoms with Crippen molar-refractivity contribution in [2.45, 2.75) is 25.8 Å². The molecule has 5 nitrogen and oxygen atoms in total. The Morgan fingerprint density at radius 1 is 1.32 bits per heavy atom. The van der Waals surface area contributed by atoms with Gasteiger partial charge in [-0.1, -0.05) is 0 Å². The minimum Gasteiger partial charge on any atom is -0.339 e. The van der Waals surface area contributed by atoms with E-state index >= 15 is 0 Å². The number of amides is 1. The monoisotopic (exact) mass is 298 g/mol. The Balaban J connectivity index is 1.73. The molecule has 0 N–H and O–H groups in total. The first-order valence-electron chi connectivity index (χ1n) is 6.69. The third kappa shape index (κ3) is 2.72. The van der Waals surface area contributed by atoms with Crippen LogP contribution in [0, 0.1) is 6.92 Å². The third-order valence-electron chi connectivity index (χ3n) is 3.62. The van der Waals surface area contributed by atoms with E-state index in [4.69, 9.17) is 0 Å². The normalized spacial score (nSPS) is 23.9. The third-order valence-corrected chi connectivity index (χ3v) is 5.41. The van der Waals surface area contributed by atoms with Crippen molar-refractivity contribution >= 4 is 34.3 Å². The van der Waals surface area contributed by atoms with Gasteiger partial charge in [-0.25, -0.2) is 4.98 Å². The van der Waals surface area contributed by atoms with E-state index < -0.39 is 0 Å². The van der Waals surface area contributed by atoms with E-state index in [9.17, 15) is 4.79 Å². The first kappa shape index (κ1) is 13.2. The molecule has 1 aromatic heterocycles. The summed E-state index contributed by atoms with van der Waals surface area (Å²) in [5.41, 5.74) is 0. The predicted molar refractivity (Wildman–Crippen MR) is 78.9 cm³/mol. The zero-order chi connectivity index (χ0) is 13.2. The van der Waals surface area contributed by atoms with Gasteiger partial charge in [-0.05, 0) is 19.8 Å². The molecule has 0 unspecified atom stereocenters. The van der Waals surface area contributed by atoms with Gasteiger partial charge in [0.15, 0.2) is 0 Å². The molecule has 7 heteroatoms. The zero-order valence-electron chi connectivity index (χ0n) is 11.0. The first-order valence-corrected chi connectivity index (χ1v) is 8.62. The van der Waals surface area contributed by atoms with Crippen molar-refractivity contribution in [2.24, 2.45) is 0 Å². The van der Waals surface area contributed by atoms with Crippen molar-refractivity contribution in [2.75, 3.05) is 36.0 Å². The number of rotatable bonds is 2. The smallest absolute Gasteiger partial charge is 0.245 e. The summed E-state index contributed by atoms with van der Waals surface area (Å²) in [5.74, 6) is 3.21. The molecule has 1 amide bonds. The van der Waals surface area contributed by atoms with Crippen molar-refractivity contribution in [1.82, 2.24) is 14.3 Å². The molecule has 0 aliphatic carbocycles. The lowest BCUT2D eigenvalue weighted by Crippen LogP contribution is -2.48. The molecule has 2 fully saturated rings. The van der Waals surface area contributed by atoms with Crippen LogP contribution >= 0.6 is 23.3 Å². The lowest BCUT2D eigenvalue weighted by Gasteiger charge is -2.32. The number of nitrogens with zero attached hydrogens (tertiary/aromatic N) is 4. The van der Waals surface area contributed by atoms with Crippen molar-refractivity contribution in [3.05, 3.63) is 5.82 Å². The number of aryl methyl sites for hydroxylation is 1. The maximum atomic E-state index is 12.6. The molecule has 0 aromatic carbocycles. The van der Waals surface area contributed by atoms with Crippen LogP contribution in [0.3, 0.4) is 0 Å². The highest BCUT2D eigenvalue weighted by molar-refractivity contribution is 7.99.